The summed E-state index contributed by atoms with van der Waals surface area (Å²) in [4.78, 5) is 4.32. The number of hydrogen-bond acceptors (Lipinski definition) is 4. The monoisotopic (exact) mass is 278 g/mol. The lowest BCUT2D eigenvalue weighted by molar-refractivity contribution is 0.305. The molecule has 18 heavy (non-hydrogen) atoms. The fourth-order valence-corrected chi connectivity index (χ4v) is 4.64. The standard InChI is InChI=1S/C14H18N2S2/c1-14(2)5-6-17-8-13(14)16-10-3-4-11-12(7-10)18-9-15-11/h3-4,7,9,13,16H,5-6,8H2,1-2H3. The molecule has 3 rings (SSSR count). The van der Waals surface area contributed by atoms with Crippen molar-refractivity contribution in [2.24, 2.45) is 5.41 Å². The topological polar surface area (TPSA) is 24.9 Å². The molecular weight excluding hydrogens is 260 g/mol. The first-order valence-corrected chi connectivity index (χ1v) is 8.36. The smallest absolute Gasteiger partial charge is 0.0813 e. The summed E-state index contributed by atoms with van der Waals surface area (Å²) < 4.78 is 1.27. The van der Waals surface area contributed by atoms with Crippen LogP contribution in [0.4, 0.5) is 5.69 Å². The van der Waals surface area contributed by atoms with Gasteiger partial charge in [0.2, 0.25) is 0 Å². The second-order valence-electron chi connectivity index (χ2n) is 5.55. The summed E-state index contributed by atoms with van der Waals surface area (Å²) in [5.74, 6) is 2.49. The number of thiazole rings is 1. The Morgan fingerprint density at radius 2 is 2.28 bits per heavy atom. The van der Waals surface area contributed by atoms with Crippen LogP contribution in [0.15, 0.2) is 23.7 Å². The SMILES string of the molecule is CC1(C)CCSCC1Nc1ccc2ncsc2c1. The van der Waals surface area contributed by atoms with Crippen LogP contribution in [-0.2, 0) is 0 Å². The van der Waals surface area contributed by atoms with E-state index in [9.17, 15) is 0 Å². The average Bonchev–Trinajstić information content (AvgIpc) is 2.79. The van der Waals surface area contributed by atoms with E-state index in [0.717, 1.165) is 5.52 Å². The molecule has 96 valence electrons. The van der Waals surface area contributed by atoms with Crippen molar-refractivity contribution < 1.29 is 0 Å². The molecule has 1 aromatic carbocycles. The maximum Gasteiger partial charge on any atom is 0.0813 e. The van der Waals surface area contributed by atoms with E-state index >= 15 is 0 Å². The second kappa shape index (κ2) is 4.74. The fraction of sp³-hybridized carbons (Fsp3) is 0.500. The number of benzene rings is 1. The molecule has 1 N–H and O–H groups in total. The van der Waals surface area contributed by atoms with E-state index in [1.807, 2.05) is 5.51 Å². The van der Waals surface area contributed by atoms with Gasteiger partial charge in [-0.1, -0.05) is 13.8 Å². The molecule has 2 aromatic rings. The van der Waals surface area contributed by atoms with Gasteiger partial charge in [-0.15, -0.1) is 11.3 Å². The number of nitrogens with one attached hydrogen (secondary N) is 1. The fourth-order valence-electron chi connectivity index (χ4n) is 2.32. The van der Waals surface area contributed by atoms with Gasteiger partial charge in [0.1, 0.15) is 0 Å². The van der Waals surface area contributed by atoms with Gasteiger partial charge in [0.25, 0.3) is 0 Å². The van der Waals surface area contributed by atoms with Crippen molar-refractivity contribution in [1.82, 2.24) is 4.98 Å². The van der Waals surface area contributed by atoms with Gasteiger partial charge in [-0.05, 0) is 35.8 Å². The number of fused-ring (bicyclic) bond motifs is 1. The quantitative estimate of drug-likeness (QED) is 0.889. The summed E-state index contributed by atoms with van der Waals surface area (Å²) in [6, 6.07) is 7.04. The van der Waals surface area contributed by atoms with Crippen LogP contribution in [0.5, 0.6) is 0 Å². The minimum absolute atomic E-state index is 0.383. The molecule has 1 atom stereocenters. The largest absolute Gasteiger partial charge is 0.381 e. The van der Waals surface area contributed by atoms with Crippen LogP contribution in [0.2, 0.25) is 0 Å². The van der Waals surface area contributed by atoms with Gasteiger partial charge in [0, 0.05) is 17.5 Å². The molecule has 0 saturated carbocycles. The molecule has 2 nitrogen and oxygen atoms in total. The summed E-state index contributed by atoms with van der Waals surface area (Å²) in [7, 11) is 0. The van der Waals surface area contributed by atoms with Gasteiger partial charge in [-0.3, -0.25) is 0 Å². The third-order valence-electron chi connectivity index (χ3n) is 3.79. The molecular formula is C14H18N2S2. The lowest BCUT2D eigenvalue weighted by Gasteiger charge is -2.39. The van der Waals surface area contributed by atoms with Crippen molar-refractivity contribution in [3.63, 3.8) is 0 Å². The van der Waals surface area contributed by atoms with E-state index in [1.165, 1.54) is 28.3 Å². The lowest BCUT2D eigenvalue weighted by Crippen LogP contribution is -2.41. The zero-order valence-electron chi connectivity index (χ0n) is 10.8. The molecule has 1 aliphatic heterocycles. The van der Waals surface area contributed by atoms with E-state index in [-0.39, 0.29) is 0 Å². The van der Waals surface area contributed by atoms with Crippen LogP contribution in [0.3, 0.4) is 0 Å². The van der Waals surface area contributed by atoms with Gasteiger partial charge in [0.15, 0.2) is 0 Å². The second-order valence-corrected chi connectivity index (χ2v) is 7.58. The van der Waals surface area contributed by atoms with Gasteiger partial charge in [-0.2, -0.15) is 11.8 Å². The molecule has 1 unspecified atom stereocenters. The average molecular weight is 278 g/mol. The molecule has 2 heterocycles. The number of rotatable bonds is 2. The first kappa shape index (κ1) is 12.3. The number of hydrogen-bond donors (Lipinski definition) is 1. The maximum atomic E-state index is 4.32. The predicted molar refractivity (Wildman–Crippen MR) is 82.8 cm³/mol. The van der Waals surface area contributed by atoms with Crippen molar-refractivity contribution in [1.29, 1.82) is 0 Å². The highest BCUT2D eigenvalue weighted by molar-refractivity contribution is 7.99. The van der Waals surface area contributed by atoms with E-state index in [0.29, 0.717) is 11.5 Å². The number of anilines is 1. The molecule has 1 aliphatic rings. The third-order valence-corrected chi connectivity index (χ3v) is 5.64. The Labute approximate surface area is 116 Å². The lowest BCUT2D eigenvalue weighted by atomic mass is 9.82. The Hall–Kier alpha value is -0.740. The molecule has 0 bridgehead atoms. The minimum Gasteiger partial charge on any atom is -0.381 e. The zero-order valence-corrected chi connectivity index (χ0v) is 12.4. The normalized spacial score (nSPS) is 23.1. The summed E-state index contributed by atoms with van der Waals surface area (Å²) in [5, 5.41) is 3.71. The Morgan fingerprint density at radius 1 is 1.39 bits per heavy atom. The van der Waals surface area contributed by atoms with Gasteiger partial charge >= 0.3 is 0 Å². The van der Waals surface area contributed by atoms with E-state index < -0.39 is 0 Å². The maximum absolute atomic E-state index is 4.32. The number of aromatic nitrogens is 1. The van der Waals surface area contributed by atoms with Crippen molar-refractivity contribution >= 4 is 39.0 Å². The minimum atomic E-state index is 0.383. The number of nitrogens with zero attached hydrogens (tertiary/aromatic N) is 1. The van der Waals surface area contributed by atoms with E-state index in [2.05, 4.69) is 54.1 Å². The first-order chi connectivity index (χ1) is 8.65. The molecule has 4 heteroatoms. The van der Waals surface area contributed by atoms with Crippen molar-refractivity contribution in [3.8, 4) is 0 Å². The molecule has 1 aromatic heterocycles. The van der Waals surface area contributed by atoms with Crippen LogP contribution in [0.25, 0.3) is 10.2 Å². The van der Waals surface area contributed by atoms with Crippen LogP contribution < -0.4 is 5.32 Å². The van der Waals surface area contributed by atoms with E-state index in [4.69, 9.17) is 0 Å². The highest BCUT2D eigenvalue weighted by atomic mass is 32.2. The summed E-state index contributed by atoms with van der Waals surface area (Å²) >= 11 is 3.76. The molecule has 0 amide bonds. The molecule has 0 aliphatic carbocycles. The Bertz CT molecular complexity index is 547. The van der Waals surface area contributed by atoms with Crippen LogP contribution in [0, 0.1) is 5.41 Å². The third kappa shape index (κ3) is 2.36. The molecule has 0 spiro atoms. The highest BCUT2D eigenvalue weighted by Crippen LogP contribution is 2.36. The molecule has 0 radical (unpaired) electrons. The van der Waals surface area contributed by atoms with Crippen LogP contribution >= 0.6 is 23.1 Å². The summed E-state index contributed by atoms with van der Waals surface area (Å²) in [5.41, 5.74) is 4.62. The van der Waals surface area contributed by atoms with Crippen LogP contribution in [-0.4, -0.2) is 22.5 Å². The van der Waals surface area contributed by atoms with Crippen molar-refractivity contribution in [2.75, 3.05) is 16.8 Å². The number of thioether (sulfide) groups is 1. The van der Waals surface area contributed by atoms with Crippen molar-refractivity contribution in [2.45, 2.75) is 26.3 Å². The van der Waals surface area contributed by atoms with Crippen LogP contribution in [0.1, 0.15) is 20.3 Å². The Morgan fingerprint density at radius 3 is 3.11 bits per heavy atom. The molecule has 1 saturated heterocycles. The predicted octanol–water partition coefficient (Wildman–Crippen LogP) is 4.24. The van der Waals surface area contributed by atoms with Gasteiger partial charge in [-0.25, -0.2) is 4.98 Å². The summed E-state index contributed by atoms with van der Waals surface area (Å²) in [6.45, 7) is 4.74. The van der Waals surface area contributed by atoms with Crippen molar-refractivity contribution in [3.05, 3.63) is 23.7 Å². The first-order valence-electron chi connectivity index (χ1n) is 6.33. The Balaban J connectivity index is 1.82. The highest BCUT2D eigenvalue weighted by Gasteiger charge is 2.32. The Kier molecular flexibility index (Phi) is 3.24. The zero-order chi connectivity index (χ0) is 12.6. The molecule has 1 fully saturated rings. The van der Waals surface area contributed by atoms with Gasteiger partial charge in [0.05, 0.1) is 15.7 Å². The van der Waals surface area contributed by atoms with E-state index in [1.54, 1.807) is 11.3 Å². The summed E-state index contributed by atoms with van der Waals surface area (Å²) in [6.07, 6.45) is 1.29. The van der Waals surface area contributed by atoms with Gasteiger partial charge < -0.3 is 5.32 Å².